The maximum atomic E-state index is 10.3. The Morgan fingerprint density at radius 3 is 2.50 bits per heavy atom. The van der Waals surface area contributed by atoms with Crippen LogP contribution in [0.25, 0.3) is 5.73 Å². The van der Waals surface area contributed by atoms with Crippen LogP contribution >= 0.6 is 0 Å². The van der Waals surface area contributed by atoms with E-state index < -0.39 is 5.91 Å². The van der Waals surface area contributed by atoms with E-state index in [-0.39, 0.29) is 32.7 Å². The van der Waals surface area contributed by atoms with Gasteiger partial charge in [-0.25, -0.2) is 0 Å². The van der Waals surface area contributed by atoms with Gasteiger partial charge in [-0.15, -0.1) is 0 Å². The molecule has 0 saturated heterocycles. The van der Waals surface area contributed by atoms with Crippen molar-refractivity contribution in [1.82, 2.24) is 0 Å². The van der Waals surface area contributed by atoms with Crippen molar-refractivity contribution < 1.29 is 37.5 Å². The zero-order valence-corrected chi connectivity index (χ0v) is 8.47. The van der Waals surface area contributed by atoms with Crippen molar-refractivity contribution in [2.75, 3.05) is 0 Å². The fourth-order valence-electron chi connectivity index (χ4n) is 0.782. The summed E-state index contributed by atoms with van der Waals surface area (Å²) in [7, 11) is 0. The van der Waals surface area contributed by atoms with Crippen LogP contribution in [0.15, 0.2) is 23.8 Å². The quantitative estimate of drug-likeness (QED) is 0.652. The average Bonchev–Trinajstić information content (AvgIpc) is 1.90. The van der Waals surface area contributed by atoms with Crippen LogP contribution in [0.1, 0.15) is 12.8 Å². The first-order valence-corrected chi connectivity index (χ1v) is 2.93. The van der Waals surface area contributed by atoms with E-state index in [4.69, 9.17) is 5.73 Å². The van der Waals surface area contributed by atoms with Crippen molar-refractivity contribution in [1.29, 1.82) is 0 Å². The number of carbonyl (C=O) groups is 1. The summed E-state index contributed by atoms with van der Waals surface area (Å²) in [6.07, 6.45) is 7.32. The molecule has 0 aromatic heterocycles. The number of hydrogen-bond acceptors (Lipinski definition) is 1. The van der Waals surface area contributed by atoms with E-state index in [9.17, 15) is 4.79 Å². The molecule has 1 aliphatic rings. The standard InChI is InChI=1S/C7H9NO.Y/c8-7(9)6-4-2-1-3-5-6;/h2,4-5H,1,3H2,(H2,8,9);/p-1. The molecule has 1 amide bonds. The molecule has 10 heavy (non-hydrogen) atoms. The van der Waals surface area contributed by atoms with Gasteiger partial charge in [0, 0.05) is 32.7 Å². The van der Waals surface area contributed by atoms with Gasteiger partial charge in [-0.3, -0.25) is 0 Å². The van der Waals surface area contributed by atoms with Gasteiger partial charge < -0.3 is 10.5 Å². The molecule has 1 radical (unpaired) electrons. The van der Waals surface area contributed by atoms with Crippen molar-refractivity contribution in [2.24, 2.45) is 0 Å². The Balaban J connectivity index is 0.000000810. The maximum Gasteiger partial charge on any atom is 0.0792 e. The molecular formula is C7H8NOY-. The van der Waals surface area contributed by atoms with Crippen LogP contribution in [0.2, 0.25) is 0 Å². The van der Waals surface area contributed by atoms with Gasteiger partial charge in [0.1, 0.15) is 0 Å². The molecule has 0 fully saturated rings. The number of hydrogen-bond donors (Lipinski definition) is 0. The first-order chi connectivity index (χ1) is 4.30. The van der Waals surface area contributed by atoms with Crippen LogP contribution in [0.4, 0.5) is 0 Å². The number of carbonyl (C=O) groups excluding carboxylic acids is 1. The Morgan fingerprint density at radius 1 is 1.50 bits per heavy atom. The van der Waals surface area contributed by atoms with Crippen LogP contribution in [-0.4, -0.2) is 5.91 Å². The van der Waals surface area contributed by atoms with E-state index >= 15 is 0 Å². The number of amides is 1. The van der Waals surface area contributed by atoms with Gasteiger partial charge in [-0.05, 0) is 18.4 Å². The maximum absolute atomic E-state index is 10.3. The molecule has 1 rings (SSSR count). The Morgan fingerprint density at radius 2 is 2.20 bits per heavy atom. The molecule has 3 heteroatoms. The third-order valence-corrected chi connectivity index (χ3v) is 1.26. The fourth-order valence-corrected chi connectivity index (χ4v) is 0.782. The van der Waals surface area contributed by atoms with E-state index in [1.807, 2.05) is 6.08 Å². The van der Waals surface area contributed by atoms with Gasteiger partial charge in [0.2, 0.25) is 0 Å². The van der Waals surface area contributed by atoms with Crippen LogP contribution in [-0.2, 0) is 37.5 Å². The third kappa shape index (κ3) is 2.76. The minimum absolute atomic E-state index is 0. The largest absolute Gasteiger partial charge is 0.664 e. The minimum Gasteiger partial charge on any atom is -0.664 e. The molecule has 0 spiro atoms. The van der Waals surface area contributed by atoms with Crippen molar-refractivity contribution in [3.05, 3.63) is 29.5 Å². The number of nitrogens with one attached hydrogen (secondary N) is 1. The van der Waals surface area contributed by atoms with Crippen molar-refractivity contribution in [3.8, 4) is 0 Å². The molecule has 1 aliphatic carbocycles. The van der Waals surface area contributed by atoms with Gasteiger partial charge in [0.15, 0.2) is 0 Å². The average molecular weight is 211 g/mol. The Labute approximate surface area is 85.4 Å². The van der Waals surface area contributed by atoms with Crippen molar-refractivity contribution in [3.63, 3.8) is 0 Å². The van der Waals surface area contributed by atoms with E-state index in [1.54, 1.807) is 12.2 Å². The minimum atomic E-state index is -0.578. The summed E-state index contributed by atoms with van der Waals surface area (Å²) in [6, 6.07) is 0. The molecule has 0 heterocycles. The predicted octanol–water partition coefficient (Wildman–Crippen LogP) is 1.84. The zero-order chi connectivity index (χ0) is 6.69. The van der Waals surface area contributed by atoms with E-state index in [0.29, 0.717) is 5.57 Å². The van der Waals surface area contributed by atoms with Crippen LogP contribution < -0.4 is 0 Å². The monoisotopic (exact) mass is 211 g/mol. The SMILES string of the molecule is [NH-]C(=O)C1=CCCC=C1.[Y]. The van der Waals surface area contributed by atoms with E-state index in [0.717, 1.165) is 12.8 Å². The van der Waals surface area contributed by atoms with Gasteiger partial charge >= 0.3 is 0 Å². The summed E-state index contributed by atoms with van der Waals surface area (Å²) < 4.78 is 0. The third-order valence-electron chi connectivity index (χ3n) is 1.26. The summed E-state index contributed by atoms with van der Waals surface area (Å²) >= 11 is 0. The first kappa shape index (κ1) is 10.1. The second kappa shape index (κ2) is 4.81. The Bertz CT molecular complexity index is 184. The second-order valence-corrected chi connectivity index (χ2v) is 1.97. The molecule has 2 nitrogen and oxygen atoms in total. The summed E-state index contributed by atoms with van der Waals surface area (Å²) in [6.45, 7) is 0. The molecule has 1 N–H and O–H groups in total. The second-order valence-electron chi connectivity index (χ2n) is 1.97. The normalized spacial score (nSPS) is 15.4. The van der Waals surface area contributed by atoms with Gasteiger partial charge in [-0.2, -0.15) is 0 Å². The van der Waals surface area contributed by atoms with Gasteiger partial charge in [0.25, 0.3) is 0 Å². The molecule has 0 atom stereocenters. The summed E-state index contributed by atoms with van der Waals surface area (Å²) in [4.78, 5) is 10.3. The molecule has 0 saturated carbocycles. The Hall–Kier alpha value is 0.0539. The molecule has 0 bridgehead atoms. The topological polar surface area (TPSA) is 40.9 Å². The van der Waals surface area contributed by atoms with Gasteiger partial charge in [-0.1, -0.05) is 18.2 Å². The van der Waals surface area contributed by atoms with Crippen molar-refractivity contribution >= 4 is 5.91 Å². The van der Waals surface area contributed by atoms with Gasteiger partial charge in [0.05, 0.1) is 5.91 Å². The Kier molecular flexibility index (Phi) is 4.83. The molecule has 0 unspecified atom stereocenters. The molecular weight excluding hydrogens is 203 g/mol. The first-order valence-electron chi connectivity index (χ1n) is 2.93. The molecule has 0 aromatic carbocycles. The van der Waals surface area contributed by atoms with E-state index in [2.05, 4.69) is 0 Å². The molecule has 51 valence electrons. The molecule has 0 aromatic rings. The number of rotatable bonds is 1. The van der Waals surface area contributed by atoms with Crippen LogP contribution in [0.3, 0.4) is 0 Å². The summed E-state index contributed by atoms with van der Waals surface area (Å²) in [5.41, 5.74) is 7.24. The van der Waals surface area contributed by atoms with Crippen molar-refractivity contribution in [2.45, 2.75) is 12.8 Å². The molecule has 0 aliphatic heterocycles. The van der Waals surface area contributed by atoms with Crippen LogP contribution in [0.5, 0.6) is 0 Å². The smallest absolute Gasteiger partial charge is 0.0792 e. The zero-order valence-electron chi connectivity index (χ0n) is 5.63. The number of allylic oxidation sites excluding steroid dienone is 2. The fraction of sp³-hybridized carbons (Fsp3) is 0.286. The predicted molar refractivity (Wildman–Crippen MR) is 35.8 cm³/mol. The summed E-state index contributed by atoms with van der Waals surface area (Å²) in [5.74, 6) is -0.578. The summed E-state index contributed by atoms with van der Waals surface area (Å²) in [5, 5.41) is 0. The van der Waals surface area contributed by atoms with Crippen LogP contribution in [0, 0.1) is 0 Å². The van der Waals surface area contributed by atoms with E-state index in [1.165, 1.54) is 0 Å².